The first kappa shape index (κ1) is 14.0. The van der Waals surface area contributed by atoms with Gasteiger partial charge in [0.05, 0.1) is 0 Å². The first-order chi connectivity index (χ1) is 9.02. The quantitative estimate of drug-likeness (QED) is 0.847. The lowest BCUT2D eigenvalue weighted by Crippen LogP contribution is -2.40. The van der Waals surface area contributed by atoms with Crippen molar-refractivity contribution in [2.24, 2.45) is 0 Å². The first-order valence-corrected chi connectivity index (χ1v) is 7.85. The van der Waals surface area contributed by atoms with E-state index in [1.807, 2.05) is 19.9 Å². The van der Waals surface area contributed by atoms with Gasteiger partial charge >= 0.3 is 0 Å². The largest absolute Gasteiger partial charge is 0.246 e. The van der Waals surface area contributed by atoms with Crippen LogP contribution in [0.15, 0.2) is 23.2 Å². The zero-order valence-corrected chi connectivity index (χ0v) is 11.9. The molecule has 0 radical (unpaired) electrons. The van der Waals surface area contributed by atoms with Gasteiger partial charge < -0.3 is 0 Å². The molecule has 1 aliphatic rings. The molecule has 102 valence electrons. The third-order valence-corrected chi connectivity index (χ3v) is 5.71. The van der Waals surface area contributed by atoms with Gasteiger partial charge in [-0.3, -0.25) is 0 Å². The van der Waals surface area contributed by atoms with Crippen LogP contribution in [-0.2, 0) is 10.0 Å². The van der Waals surface area contributed by atoms with Gasteiger partial charge in [0, 0.05) is 18.3 Å². The zero-order chi connectivity index (χ0) is 14.0. The van der Waals surface area contributed by atoms with Gasteiger partial charge in [-0.15, -0.1) is 0 Å². The van der Waals surface area contributed by atoms with E-state index < -0.39 is 10.0 Å². The molecule has 1 fully saturated rings. The van der Waals surface area contributed by atoms with E-state index in [9.17, 15) is 8.42 Å². The molecule has 0 aliphatic carbocycles. The van der Waals surface area contributed by atoms with Crippen LogP contribution in [0.25, 0.3) is 0 Å². The molecule has 0 N–H and O–H groups in total. The average molecular weight is 279 g/mol. The fraction of sp³-hybridized carbons (Fsp3) is 0.538. The maximum absolute atomic E-state index is 12.7. The van der Waals surface area contributed by atoms with Crippen molar-refractivity contribution in [3.8, 4) is 6.07 Å². The standard InChI is InChI=1S/C13H17N3O2S/c1-3-11-7-6-10(2)16(11)19(17,18)13-5-4-8-15-12(13)9-14/h4-5,8,10-11H,3,6-7H2,1-2H3. The van der Waals surface area contributed by atoms with Gasteiger partial charge in [0.25, 0.3) is 0 Å². The van der Waals surface area contributed by atoms with Crippen LogP contribution in [0.5, 0.6) is 0 Å². The van der Waals surface area contributed by atoms with Crippen molar-refractivity contribution in [3.05, 3.63) is 24.0 Å². The van der Waals surface area contributed by atoms with Crippen molar-refractivity contribution in [1.29, 1.82) is 5.26 Å². The van der Waals surface area contributed by atoms with E-state index >= 15 is 0 Å². The highest BCUT2D eigenvalue weighted by Crippen LogP contribution is 2.32. The molecular formula is C13H17N3O2S. The van der Waals surface area contributed by atoms with Crippen molar-refractivity contribution in [1.82, 2.24) is 9.29 Å². The molecule has 1 aromatic heterocycles. The molecule has 0 bridgehead atoms. The Labute approximate surface area is 113 Å². The summed E-state index contributed by atoms with van der Waals surface area (Å²) in [5.41, 5.74) is -0.0311. The summed E-state index contributed by atoms with van der Waals surface area (Å²) in [6.45, 7) is 3.90. The fourth-order valence-electron chi connectivity index (χ4n) is 2.66. The zero-order valence-electron chi connectivity index (χ0n) is 11.1. The van der Waals surface area contributed by atoms with Crippen LogP contribution in [0.4, 0.5) is 0 Å². The predicted octanol–water partition coefficient (Wildman–Crippen LogP) is 1.90. The van der Waals surface area contributed by atoms with Crippen LogP contribution in [0.1, 0.15) is 38.8 Å². The Kier molecular flexibility index (Phi) is 3.88. The summed E-state index contributed by atoms with van der Waals surface area (Å²) in [7, 11) is -3.64. The van der Waals surface area contributed by atoms with Gasteiger partial charge in [-0.25, -0.2) is 13.4 Å². The lowest BCUT2D eigenvalue weighted by atomic mass is 10.2. The highest BCUT2D eigenvalue weighted by Gasteiger charge is 2.40. The number of pyridine rings is 1. The Bertz CT molecular complexity index is 607. The van der Waals surface area contributed by atoms with E-state index in [1.165, 1.54) is 12.3 Å². The van der Waals surface area contributed by atoms with Crippen LogP contribution in [0, 0.1) is 11.3 Å². The molecule has 2 unspecified atom stereocenters. The third kappa shape index (κ3) is 2.36. The number of nitrogens with zero attached hydrogens (tertiary/aromatic N) is 3. The summed E-state index contributed by atoms with van der Waals surface area (Å²) < 4.78 is 27.0. The van der Waals surface area contributed by atoms with Gasteiger partial charge in [-0.05, 0) is 38.3 Å². The van der Waals surface area contributed by atoms with E-state index in [1.54, 1.807) is 10.4 Å². The van der Waals surface area contributed by atoms with E-state index in [0.29, 0.717) is 0 Å². The van der Waals surface area contributed by atoms with Crippen LogP contribution >= 0.6 is 0 Å². The fourth-order valence-corrected chi connectivity index (χ4v) is 4.71. The second kappa shape index (κ2) is 5.27. The highest BCUT2D eigenvalue weighted by molar-refractivity contribution is 7.89. The Morgan fingerprint density at radius 1 is 1.53 bits per heavy atom. The monoisotopic (exact) mass is 279 g/mol. The minimum atomic E-state index is -3.64. The van der Waals surface area contributed by atoms with Crippen LogP contribution in [0.2, 0.25) is 0 Å². The van der Waals surface area contributed by atoms with E-state index in [0.717, 1.165) is 19.3 Å². The topological polar surface area (TPSA) is 74.1 Å². The Hall–Kier alpha value is -1.45. The number of sulfonamides is 1. The van der Waals surface area contributed by atoms with E-state index in [2.05, 4.69) is 4.98 Å². The molecule has 0 aromatic carbocycles. The predicted molar refractivity (Wildman–Crippen MR) is 70.8 cm³/mol. The van der Waals surface area contributed by atoms with E-state index in [4.69, 9.17) is 5.26 Å². The van der Waals surface area contributed by atoms with Crippen molar-refractivity contribution < 1.29 is 8.42 Å². The SMILES string of the molecule is CCC1CCC(C)N1S(=O)(=O)c1cccnc1C#N. The molecule has 1 aliphatic heterocycles. The molecule has 6 heteroatoms. The highest BCUT2D eigenvalue weighted by atomic mass is 32.2. The number of hydrogen-bond acceptors (Lipinski definition) is 4. The smallest absolute Gasteiger partial charge is 0.244 e. The lowest BCUT2D eigenvalue weighted by Gasteiger charge is -2.27. The van der Waals surface area contributed by atoms with Crippen LogP contribution in [0.3, 0.4) is 0 Å². The molecular weight excluding hydrogens is 262 g/mol. The minimum Gasteiger partial charge on any atom is -0.244 e. The Morgan fingerprint density at radius 2 is 2.26 bits per heavy atom. The molecule has 2 heterocycles. The van der Waals surface area contributed by atoms with Gasteiger partial charge in [-0.1, -0.05) is 6.92 Å². The summed E-state index contributed by atoms with van der Waals surface area (Å²) in [5.74, 6) is 0. The Balaban J connectivity index is 2.51. The molecule has 0 spiro atoms. The van der Waals surface area contributed by atoms with Crippen LogP contribution in [-0.4, -0.2) is 29.8 Å². The molecule has 1 aromatic rings. The molecule has 0 amide bonds. The second-order valence-corrected chi connectivity index (χ2v) is 6.60. The van der Waals surface area contributed by atoms with Gasteiger partial charge in [0.15, 0.2) is 5.69 Å². The normalized spacial score (nSPS) is 24.3. The summed E-state index contributed by atoms with van der Waals surface area (Å²) in [5, 5.41) is 9.02. The van der Waals surface area contributed by atoms with E-state index in [-0.39, 0.29) is 22.7 Å². The maximum atomic E-state index is 12.7. The van der Waals surface area contributed by atoms with Gasteiger partial charge in [-0.2, -0.15) is 9.57 Å². The molecule has 0 saturated carbocycles. The molecule has 1 saturated heterocycles. The molecule has 19 heavy (non-hydrogen) atoms. The number of rotatable bonds is 3. The first-order valence-electron chi connectivity index (χ1n) is 6.41. The average Bonchev–Trinajstić information content (AvgIpc) is 2.80. The molecule has 2 rings (SSSR count). The molecule has 5 nitrogen and oxygen atoms in total. The van der Waals surface area contributed by atoms with Crippen molar-refractivity contribution in [2.75, 3.05) is 0 Å². The summed E-state index contributed by atoms with van der Waals surface area (Å²) >= 11 is 0. The van der Waals surface area contributed by atoms with Crippen molar-refractivity contribution >= 4 is 10.0 Å². The molecule has 2 atom stereocenters. The van der Waals surface area contributed by atoms with Gasteiger partial charge in [0.2, 0.25) is 10.0 Å². The minimum absolute atomic E-state index is 0.0182. The van der Waals surface area contributed by atoms with Crippen molar-refractivity contribution in [3.63, 3.8) is 0 Å². The third-order valence-electron chi connectivity index (χ3n) is 3.62. The summed E-state index contributed by atoms with van der Waals surface area (Å²) in [6.07, 6.45) is 3.95. The summed E-state index contributed by atoms with van der Waals surface area (Å²) in [4.78, 5) is 3.86. The second-order valence-electron chi connectivity index (χ2n) is 4.79. The van der Waals surface area contributed by atoms with Crippen LogP contribution < -0.4 is 0 Å². The number of hydrogen-bond donors (Lipinski definition) is 0. The summed E-state index contributed by atoms with van der Waals surface area (Å²) in [6, 6.07) is 4.86. The lowest BCUT2D eigenvalue weighted by molar-refractivity contribution is 0.328. The van der Waals surface area contributed by atoms with Gasteiger partial charge in [0.1, 0.15) is 11.0 Å². The number of nitriles is 1. The Morgan fingerprint density at radius 3 is 2.89 bits per heavy atom. The number of aromatic nitrogens is 1. The maximum Gasteiger partial charge on any atom is 0.246 e. The van der Waals surface area contributed by atoms with Crippen molar-refractivity contribution in [2.45, 2.75) is 50.1 Å².